The van der Waals surface area contributed by atoms with Crippen molar-refractivity contribution < 1.29 is 4.79 Å². The summed E-state index contributed by atoms with van der Waals surface area (Å²) in [6, 6.07) is 2.06. The number of hydrogen-bond acceptors (Lipinski definition) is 2. The number of nitrogens with zero attached hydrogens (tertiary/aromatic N) is 2. The number of aryl methyl sites for hydroxylation is 1. The lowest BCUT2D eigenvalue weighted by molar-refractivity contribution is 0.0748. The van der Waals surface area contributed by atoms with E-state index in [2.05, 4.69) is 4.98 Å². The van der Waals surface area contributed by atoms with Crippen molar-refractivity contribution in [2.75, 3.05) is 12.4 Å². The van der Waals surface area contributed by atoms with Crippen LogP contribution in [0.5, 0.6) is 0 Å². The minimum absolute atomic E-state index is 0.0550. The Kier molecular flexibility index (Phi) is 3.44. The molecule has 1 aliphatic rings. The Morgan fingerprint density at radius 2 is 2.44 bits per heavy atom. The number of rotatable bonds is 2. The molecule has 1 atom stereocenters. The van der Waals surface area contributed by atoms with E-state index in [0.29, 0.717) is 11.4 Å². The van der Waals surface area contributed by atoms with Gasteiger partial charge in [0, 0.05) is 30.9 Å². The predicted molar refractivity (Wildman–Crippen MR) is 63.8 cm³/mol. The van der Waals surface area contributed by atoms with Crippen LogP contribution in [0.4, 0.5) is 0 Å². The van der Waals surface area contributed by atoms with Crippen molar-refractivity contribution >= 4 is 17.5 Å². The summed E-state index contributed by atoms with van der Waals surface area (Å²) in [5, 5.41) is 0. The van der Waals surface area contributed by atoms with Crippen LogP contribution >= 0.6 is 11.6 Å². The first-order chi connectivity index (χ1) is 7.72. The molecule has 1 unspecified atom stereocenters. The van der Waals surface area contributed by atoms with Crippen LogP contribution in [0, 0.1) is 6.92 Å². The molecule has 0 spiro atoms. The molecule has 1 saturated heterocycles. The summed E-state index contributed by atoms with van der Waals surface area (Å²) in [6.45, 7) is 2.75. The van der Waals surface area contributed by atoms with Gasteiger partial charge in [-0.2, -0.15) is 0 Å². The van der Waals surface area contributed by atoms with Gasteiger partial charge in [-0.3, -0.25) is 9.78 Å². The largest absolute Gasteiger partial charge is 0.334 e. The minimum atomic E-state index is 0.0550. The van der Waals surface area contributed by atoms with E-state index in [1.54, 1.807) is 12.4 Å². The number of pyridine rings is 1. The summed E-state index contributed by atoms with van der Waals surface area (Å²) in [4.78, 5) is 18.1. The molecular weight excluding hydrogens is 224 g/mol. The molecule has 1 aromatic heterocycles. The molecule has 0 saturated carbocycles. The van der Waals surface area contributed by atoms with E-state index >= 15 is 0 Å². The third-order valence-electron chi connectivity index (χ3n) is 2.94. The number of amides is 1. The van der Waals surface area contributed by atoms with Crippen LogP contribution < -0.4 is 0 Å². The molecule has 0 N–H and O–H groups in total. The van der Waals surface area contributed by atoms with Crippen LogP contribution in [0.1, 0.15) is 28.8 Å². The fourth-order valence-corrected chi connectivity index (χ4v) is 2.42. The smallest absolute Gasteiger partial charge is 0.255 e. The number of halogens is 1. The normalized spacial score (nSPS) is 20.1. The van der Waals surface area contributed by atoms with Crippen LogP contribution in [-0.4, -0.2) is 34.3 Å². The second-order valence-corrected chi connectivity index (χ2v) is 4.51. The van der Waals surface area contributed by atoms with Gasteiger partial charge in [0.15, 0.2) is 0 Å². The molecular formula is C12H15ClN2O. The molecule has 1 amide bonds. The summed E-state index contributed by atoms with van der Waals surface area (Å²) in [6.07, 6.45) is 5.43. The van der Waals surface area contributed by atoms with Gasteiger partial charge in [-0.05, 0) is 31.4 Å². The van der Waals surface area contributed by atoms with Crippen LogP contribution in [0.15, 0.2) is 18.5 Å². The first-order valence-electron chi connectivity index (χ1n) is 5.51. The Labute approximate surface area is 100 Å². The number of hydrogen-bond donors (Lipinski definition) is 0. The highest BCUT2D eigenvalue weighted by Gasteiger charge is 2.28. The van der Waals surface area contributed by atoms with Crippen LogP contribution in [0.2, 0.25) is 0 Å². The Morgan fingerprint density at radius 1 is 1.62 bits per heavy atom. The highest BCUT2D eigenvalue weighted by molar-refractivity contribution is 6.18. The van der Waals surface area contributed by atoms with Crippen molar-refractivity contribution in [1.29, 1.82) is 0 Å². The van der Waals surface area contributed by atoms with Crippen molar-refractivity contribution in [3.63, 3.8) is 0 Å². The molecule has 1 aromatic rings. The predicted octanol–water partition coefficient (Wildman–Crippen LogP) is 2.23. The fourth-order valence-electron chi connectivity index (χ4n) is 2.10. The van der Waals surface area contributed by atoms with E-state index in [9.17, 15) is 4.79 Å². The molecule has 0 bridgehead atoms. The van der Waals surface area contributed by atoms with Gasteiger partial charge >= 0.3 is 0 Å². The molecule has 3 nitrogen and oxygen atoms in total. The molecule has 1 aliphatic heterocycles. The number of likely N-dealkylation sites (tertiary alicyclic amines) is 1. The Balaban J connectivity index is 2.18. The highest BCUT2D eigenvalue weighted by atomic mass is 35.5. The first-order valence-corrected chi connectivity index (χ1v) is 6.04. The van der Waals surface area contributed by atoms with E-state index in [4.69, 9.17) is 11.6 Å². The topological polar surface area (TPSA) is 33.2 Å². The molecule has 1 fully saturated rings. The molecule has 4 heteroatoms. The number of carbonyl (C=O) groups excluding carboxylic acids is 1. The van der Waals surface area contributed by atoms with Gasteiger partial charge in [0.1, 0.15) is 0 Å². The van der Waals surface area contributed by atoms with E-state index in [0.717, 1.165) is 24.9 Å². The van der Waals surface area contributed by atoms with Gasteiger partial charge in [0.25, 0.3) is 5.91 Å². The van der Waals surface area contributed by atoms with E-state index in [1.165, 1.54) is 0 Å². The van der Waals surface area contributed by atoms with E-state index in [1.807, 2.05) is 17.9 Å². The summed E-state index contributed by atoms with van der Waals surface area (Å²) in [5.41, 5.74) is 1.67. The molecule has 16 heavy (non-hydrogen) atoms. The lowest BCUT2D eigenvalue weighted by Crippen LogP contribution is -2.36. The minimum Gasteiger partial charge on any atom is -0.334 e. The Bertz CT molecular complexity index is 394. The van der Waals surface area contributed by atoms with Crippen LogP contribution in [0.25, 0.3) is 0 Å². The van der Waals surface area contributed by atoms with Crippen molar-refractivity contribution in [3.8, 4) is 0 Å². The molecule has 86 valence electrons. The van der Waals surface area contributed by atoms with Crippen LogP contribution in [-0.2, 0) is 0 Å². The van der Waals surface area contributed by atoms with Crippen molar-refractivity contribution in [3.05, 3.63) is 29.6 Å². The zero-order valence-electron chi connectivity index (χ0n) is 9.32. The maximum atomic E-state index is 12.2. The van der Waals surface area contributed by atoms with E-state index in [-0.39, 0.29) is 11.9 Å². The third-order valence-corrected chi connectivity index (χ3v) is 3.29. The Hall–Kier alpha value is -1.09. The summed E-state index contributed by atoms with van der Waals surface area (Å²) in [7, 11) is 0. The van der Waals surface area contributed by atoms with Gasteiger partial charge in [0.05, 0.1) is 5.56 Å². The molecule has 2 rings (SSSR count). The Morgan fingerprint density at radius 3 is 3.12 bits per heavy atom. The zero-order chi connectivity index (χ0) is 11.5. The number of carbonyl (C=O) groups is 1. The van der Waals surface area contributed by atoms with Gasteiger partial charge in [-0.1, -0.05) is 0 Å². The fraction of sp³-hybridized carbons (Fsp3) is 0.500. The highest BCUT2D eigenvalue weighted by Crippen LogP contribution is 2.20. The van der Waals surface area contributed by atoms with Gasteiger partial charge in [0.2, 0.25) is 0 Å². The lowest BCUT2D eigenvalue weighted by Gasteiger charge is -2.22. The standard InChI is InChI=1S/C12H15ClN2O/c1-9-5-10(8-14-7-9)12(16)15-4-2-3-11(15)6-13/h5,7-8,11H,2-4,6H2,1H3. The second kappa shape index (κ2) is 4.83. The molecule has 0 aromatic carbocycles. The number of aromatic nitrogens is 1. The quantitative estimate of drug-likeness (QED) is 0.741. The summed E-state index contributed by atoms with van der Waals surface area (Å²) in [5.74, 6) is 0.574. The summed E-state index contributed by atoms with van der Waals surface area (Å²) >= 11 is 5.86. The average molecular weight is 239 g/mol. The van der Waals surface area contributed by atoms with Gasteiger partial charge in [-0.15, -0.1) is 11.6 Å². The maximum Gasteiger partial charge on any atom is 0.255 e. The van der Waals surface area contributed by atoms with Crippen molar-refractivity contribution in [1.82, 2.24) is 9.88 Å². The zero-order valence-corrected chi connectivity index (χ0v) is 10.1. The van der Waals surface area contributed by atoms with Gasteiger partial charge < -0.3 is 4.90 Å². The lowest BCUT2D eigenvalue weighted by atomic mass is 10.2. The molecule has 2 heterocycles. The average Bonchev–Trinajstić information content (AvgIpc) is 2.76. The first kappa shape index (κ1) is 11.4. The monoisotopic (exact) mass is 238 g/mol. The third kappa shape index (κ3) is 2.19. The second-order valence-electron chi connectivity index (χ2n) is 4.20. The molecule has 0 radical (unpaired) electrons. The SMILES string of the molecule is Cc1cncc(C(=O)N2CCCC2CCl)c1. The van der Waals surface area contributed by atoms with Gasteiger partial charge in [-0.25, -0.2) is 0 Å². The number of alkyl halides is 1. The van der Waals surface area contributed by atoms with Crippen molar-refractivity contribution in [2.45, 2.75) is 25.8 Å². The van der Waals surface area contributed by atoms with Crippen LogP contribution in [0.3, 0.4) is 0 Å². The van der Waals surface area contributed by atoms with Crippen molar-refractivity contribution in [2.24, 2.45) is 0 Å². The van der Waals surface area contributed by atoms with E-state index < -0.39 is 0 Å². The molecule has 0 aliphatic carbocycles. The maximum absolute atomic E-state index is 12.2. The summed E-state index contributed by atoms with van der Waals surface area (Å²) < 4.78 is 0.